The summed E-state index contributed by atoms with van der Waals surface area (Å²) in [5, 5.41) is 0. The van der Waals surface area contributed by atoms with Crippen LogP contribution in [0.5, 0.6) is 0 Å². The van der Waals surface area contributed by atoms with Crippen molar-refractivity contribution in [1.82, 2.24) is 9.80 Å². The molecule has 2 aliphatic rings. The van der Waals surface area contributed by atoms with Crippen LogP contribution in [0.15, 0.2) is 24.3 Å². The van der Waals surface area contributed by atoms with Gasteiger partial charge < -0.3 is 15.5 Å². The van der Waals surface area contributed by atoms with Gasteiger partial charge in [-0.25, -0.2) is 9.18 Å². The molecule has 2 heterocycles. The summed E-state index contributed by atoms with van der Waals surface area (Å²) in [6.45, 7) is 1.75. The van der Waals surface area contributed by atoms with Crippen LogP contribution in [0.4, 0.5) is 9.18 Å². The van der Waals surface area contributed by atoms with Crippen molar-refractivity contribution in [3.63, 3.8) is 0 Å². The highest BCUT2D eigenvalue weighted by molar-refractivity contribution is 5.81. The second-order valence-corrected chi connectivity index (χ2v) is 6.36. The molecule has 3 amide bonds. The Kier molecular flexibility index (Phi) is 4.50. The number of hydrogen-bond donors (Lipinski definition) is 1. The minimum Gasteiger partial charge on any atom is -0.351 e. The molecule has 0 aliphatic carbocycles. The third-order valence-electron chi connectivity index (χ3n) is 4.87. The van der Waals surface area contributed by atoms with E-state index < -0.39 is 6.03 Å². The molecule has 2 aliphatic heterocycles. The normalized spacial score (nSPS) is 24.7. The van der Waals surface area contributed by atoms with Gasteiger partial charge in [-0.05, 0) is 43.4 Å². The van der Waals surface area contributed by atoms with Gasteiger partial charge in [0.1, 0.15) is 5.82 Å². The van der Waals surface area contributed by atoms with Gasteiger partial charge in [-0.1, -0.05) is 12.1 Å². The summed E-state index contributed by atoms with van der Waals surface area (Å²) < 4.78 is 13.1. The highest BCUT2D eigenvalue weighted by Gasteiger charge is 2.36. The molecule has 0 radical (unpaired) electrons. The van der Waals surface area contributed by atoms with Crippen molar-refractivity contribution in [3.05, 3.63) is 35.6 Å². The number of hydrogen-bond acceptors (Lipinski definition) is 2. The van der Waals surface area contributed by atoms with Crippen molar-refractivity contribution in [2.24, 2.45) is 11.7 Å². The number of halogens is 1. The Hall–Kier alpha value is -2.11. The lowest BCUT2D eigenvalue weighted by molar-refractivity contribution is -0.137. The van der Waals surface area contributed by atoms with Crippen LogP contribution in [0.2, 0.25) is 0 Å². The van der Waals surface area contributed by atoms with Crippen molar-refractivity contribution in [1.29, 1.82) is 0 Å². The topological polar surface area (TPSA) is 66.6 Å². The van der Waals surface area contributed by atoms with Crippen LogP contribution in [0.25, 0.3) is 0 Å². The van der Waals surface area contributed by atoms with E-state index in [2.05, 4.69) is 0 Å². The zero-order chi connectivity index (χ0) is 16.4. The minimum atomic E-state index is -0.459. The number of primary amides is 1. The van der Waals surface area contributed by atoms with Gasteiger partial charge in [0.25, 0.3) is 0 Å². The summed E-state index contributed by atoms with van der Waals surface area (Å²) >= 11 is 0. The van der Waals surface area contributed by atoms with E-state index in [1.54, 1.807) is 17.0 Å². The molecule has 0 aromatic heterocycles. The Balaban J connectivity index is 1.73. The maximum Gasteiger partial charge on any atom is 0.314 e. The fourth-order valence-corrected chi connectivity index (χ4v) is 3.68. The van der Waals surface area contributed by atoms with E-state index >= 15 is 0 Å². The first-order chi connectivity index (χ1) is 11.1. The van der Waals surface area contributed by atoms with Gasteiger partial charge in [0.15, 0.2) is 0 Å². The average molecular weight is 319 g/mol. The molecular formula is C17H22FN3O2. The lowest BCUT2D eigenvalue weighted by Gasteiger charge is -2.35. The van der Waals surface area contributed by atoms with Gasteiger partial charge >= 0.3 is 6.03 Å². The number of urea groups is 1. The van der Waals surface area contributed by atoms with E-state index in [1.807, 2.05) is 4.90 Å². The van der Waals surface area contributed by atoms with Gasteiger partial charge in [-0.3, -0.25) is 4.79 Å². The van der Waals surface area contributed by atoms with Crippen LogP contribution in [-0.4, -0.2) is 41.4 Å². The van der Waals surface area contributed by atoms with Crippen molar-refractivity contribution in [2.45, 2.75) is 31.7 Å². The van der Waals surface area contributed by atoms with Crippen molar-refractivity contribution < 1.29 is 14.0 Å². The molecule has 2 saturated heterocycles. The Labute approximate surface area is 135 Å². The number of likely N-dealkylation sites (tertiary alicyclic amines) is 2. The zero-order valence-corrected chi connectivity index (χ0v) is 13.1. The SMILES string of the molecule is NC(=O)N1CCCC(C(=O)N2CCCC2c2ccc(F)cc2)C1. The molecule has 2 atom stereocenters. The molecule has 0 spiro atoms. The largest absolute Gasteiger partial charge is 0.351 e. The Morgan fingerprint density at radius 1 is 1.09 bits per heavy atom. The second kappa shape index (κ2) is 6.56. The summed E-state index contributed by atoms with van der Waals surface area (Å²) in [6, 6.07) is 5.92. The maximum atomic E-state index is 13.1. The van der Waals surface area contributed by atoms with Crippen LogP contribution >= 0.6 is 0 Å². The molecule has 1 aromatic carbocycles. The zero-order valence-electron chi connectivity index (χ0n) is 13.1. The number of piperidine rings is 1. The number of benzene rings is 1. The fourth-order valence-electron chi connectivity index (χ4n) is 3.68. The molecule has 2 fully saturated rings. The Bertz CT molecular complexity index is 590. The van der Waals surface area contributed by atoms with E-state index in [0.717, 1.165) is 31.2 Å². The van der Waals surface area contributed by atoms with Crippen LogP contribution < -0.4 is 5.73 Å². The molecule has 1 aromatic rings. The number of amides is 3. The number of rotatable bonds is 2. The van der Waals surface area contributed by atoms with E-state index in [4.69, 9.17) is 5.73 Å². The highest BCUT2D eigenvalue weighted by atomic mass is 19.1. The number of nitrogens with zero attached hydrogens (tertiary/aromatic N) is 2. The Morgan fingerprint density at radius 3 is 2.48 bits per heavy atom. The van der Waals surface area contributed by atoms with Crippen LogP contribution in [-0.2, 0) is 4.79 Å². The first kappa shape index (κ1) is 15.8. The van der Waals surface area contributed by atoms with E-state index in [1.165, 1.54) is 12.1 Å². The van der Waals surface area contributed by atoms with E-state index in [0.29, 0.717) is 19.6 Å². The number of nitrogens with two attached hydrogens (primary N) is 1. The highest BCUT2D eigenvalue weighted by Crippen LogP contribution is 2.34. The van der Waals surface area contributed by atoms with Crippen molar-refractivity contribution >= 4 is 11.9 Å². The predicted octanol–water partition coefficient (Wildman–Crippen LogP) is 2.28. The molecular weight excluding hydrogens is 297 g/mol. The first-order valence-electron chi connectivity index (χ1n) is 8.16. The summed E-state index contributed by atoms with van der Waals surface area (Å²) in [4.78, 5) is 27.7. The lowest BCUT2D eigenvalue weighted by Crippen LogP contribution is -2.48. The van der Waals surface area contributed by atoms with Gasteiger partial charge in [0, 0.05) is 19.6 Å². The molecule has 3 rings (SSSR count). The van der Waals surface area contributed by atoms with Crippen molar-refractivity contribution in [2.75, 3.05) is 19.6 Å². The number of carbonyl (C=O) groups is 2. The molecule has 0 saturated carbocycles. The molecule has 0 bridgehead atoms. The molecule has 23 heavy (non-hydrogen) atoms. The molecule has 2 N–H and O–H groups in total. The summed E-state index contributed by atoms with van der Waals surface area (Å²) in [6.07, 6.45) is 3.42. The molecule has 2 unspecified atom stereocenters. The molecule has 5 nitrogen and oxygen atoms in total. The lowest BCUT2D eigenvalue weighted by atomic mass is 9.95. The molecule has 124 valence electrons. The summed E-state index contributed by atoms with van der Waals surface area (Å²) in [5.74, 6) is -0.367. The standard InChI is InChI=1S/C17H22FN3O2/c18-14-7-5-12(6-8-14)15-4-2-10-21(15)16(22)13-3-1-9-20(11-13)17(19)23/h5-8,13,15H,1-4,9-11H2,(H2,19,23). The fraction of sp³-hybridized carbons (Fsp3) is 0.529. The van der Waals surface area contributed by atoms with E-state index in [-0.39, 0.29) is 23.7 Å². The first-order valence-corrected chi connectivity index (χ1v) is 8.16. The Morgan fingerprint density at radius 2 is 1.78 bits per heavy atom. The third-order valence-corrected chi connectivity index (χ3v) is 4.87. The second-order valence-electron chi connectivity index (χ2n) is 6.36. The van der Waals surface area contributed by atoms with Gasteiger partial charge in [-0.15, -0.1) is 0 Å². The van der Waals surface area contributed by atoms with Gasteiger partial charge in [-0.2, -0.15) is 0 Å². The minimum absolute atomic E-state index is 0.00653. The average Bonchev–Trinajstić information content (AvgIpc) is 3.04. The van der Waals surface area contributed by atoms with Gasteiger partial charge in [0.05, 0.1) is 12.0 Å². The quantitative estimate of drug-likeness (QED) is 0.909. The van der Waals surface area contributed by atoms with Crippen LogP contribution in [0, 0.1) is 11.7 Å². The van der Waals surface area contributed by atoms with Gasteiger partial charge in [0.2, 0.25) is 5.91 Å². The maximum absolute atomic E-state index is 13.1. The monoisotopic (exact) mass is 319 g/mol. The van der Waals surface area contributed by atoms with Crippen LogP contribution in [0.3, 0.4) is 0 Å². The predicted molar refractivity (Wildman–Crippen MR) is 84.0 cm³/mol. The summed E-state index contributed by atoms with van der Waals surface area (Å²) in [5.41, 5.74) is 6.31. The smallest absolute Gasteiger partial charge is 0.314 e. The van der Waals surface area contributed by atoms with E-state index in [9.17, 15) is 14.0 Å². The third kappa shape index (κ3) is 3.30. The summed E-state index contributed by atoms with van der Waals surface area (Å²) in [7, 11) is 0. The molecule has 6 heteroatoms. The number of carbonyl (C=O) groups excluding carboxylic acids is 2. The van der Waals surface area contributed by atoms with Crippen LogP contribution in [0.1, 0.15) is 37.3 Å². The van der Waals surface area contributed by atoms with Crippen molar-refractivity contribution in [3.8, 4) is 0 Å².